The number of benzene rings is 1. The van der Waals surface area contributed by atoms with Crippen molar-refractivity contribution in [2.45, 2.75) is 0 Å². The van der Waals surface area contributed by atoms with Crippen LogP contribution >= 0.6 is 0 Å². The van der Waals surface area contributed by atoms with Gasteiger partial charge in [0, 0.05) is 17.8 Å². The Hall–Kier alpha value is -2.77. The van der Waals surface area contributed by atoms with Crippen molar-refractivity contribution in [1.82, 2.24) is 15.4 Å². The van der Waals surface area contributed by atoms with Crippen LogP contribution in [0.3, 0.4) is 0 Å². The van der Waals surface area contributed by atoms with Crippen LogP contribution in [0.4, 0.5) is 11.4 Å². The van der Waals surface area contributed by atoms with E-state index >= 15 is 0 Å². The number of aromatic amines is 1. The minimum Gasteiger partial charge on any atom is -0.321 e. The molecule has 0 spiro atoms. The molecule has 0 saturated carbocycles. The van der Waals surface area contributed by atoms with Crippen molar-refractivity contribution in [3.63, 3.8) is 0 Å². The minimum atomic E-state index is -0.511. The van der Waals surface area contributed by atoms with E-state index in [1.807, 2.05) is 0 Å². The molecule has 1 amide bonds. The van der Waals surface area contributed by atoms with Gasteiger partial charge in [-0.2, -0.15) is 15.4 Å². The average molecular weight is 233 g/mol. The predicted molar refractivity (Wildman–Crippen MR) is 57.4 cm³/mol. The maximum absolute atomic E-state index is 11.5. The third-order valence-electron chi connectivity index (χ3n) is 1.98. The summed E-state index contributed by atoms with van der Waals surface area (Å²) in [5.74, 6) is -0.437. The van der Waals surface area contributed by atoms with Gasteiger partial charge < -0.3 is 5.32 Å². The van der Waals surface area contributed by atoms with E-state index in [1.54, 1.807) is 0 Å². The van der Waals surface area contributed by atoms with Crippen molar-refractivity contribution in [3.05, 3.63) is 46.3 Å². The van der Waals surface area contributed by atoms with E-state index in [0.29, 0.717) is 5.69 Å². The van der Waals surface area contributed by atoms with Crippen LogP contribution in [0.2, 0.25) is 0 Å². The largest absolute Gasteiger partial charge is 0.321 e. The highest BCUT2D eigenvalue weighted by Gasteiger charge is 2.10. The van der Waals surface area contributed by atoms with E-state index in [0.717, 1.165) is 0 Å². The third-order valence-corrected chi connectivity index (χ3v) is 1.98. The summed E-state index contributed by atoms with van der Waals surface area (Å²) in [6, 6.07) is 5.49. The number of nitro benzene ring substituents is 1. The molecule has 0 radical (unpaired) electrons. The summed E-state index contributed by atoms with van der Waals surface area (Å²) in [5, 5.41) is 22.4. The summed E-state index contributed by atoms with van der Waals surface area (Å²) < 4.78 is 0. The van der Waals surface area contributed by atoms with Gasteiger partial charge in [-0.05, 0) is 12.1 Å². The molecule has 0 saturated heterocycles. The van der Waals surface area contributed by atoms with E-state index in [-0.39, 0.29) is 11.4 Å². The molecule has 1 aromatic heterocycles. The maximum atomic E-state index is 11.5. The number of nitrogens with zero attached hydrogens (tertiary/aromatic N) is 3. The summed E-state index contributed by atoms with van der Waals surface area (Å²) in [6.45, 7) is 0. The van der Waals surface area contributed by atoms with Crippen molar-refractivity contribution in [1.29, 1.82) is 0 Å². The first kappa shape index (κ1) is 10.7. The molecule has 0 unspecified atom stereocenters. The summed E-state index contributed by atoms with van der Waals surface area (Å²) in [7, 11) is 0. The van der Waals surface area contributed by atoms with Crippen LogP contribution < -0.4 is 5.32 Å². The number of carbonyl (C=O) groups is 1. The average Bonchev–Trinajstić information content (AvgIpc) is 2.83. The van der Waals surface area contributed by atoms with Gasteiger partial charge in [-0.3, -0.25) is 14.9 Å². The Morgan fingerprint density at radius 3 is 2.59 bits per heavy atom. The number of nitrogens with one attached hydrogen (secondary N) is 2. The summed E-state index contributed by atoms with van der Waals surface area (Å²) in [4.78, 5) is 21.4. The second-order valence-electron chi connectivity index (χ2n) is 3.11. The van der Waals surface area contributed by atoms with Crippen LogP contribution in [-0.4, -0.2) is 26.2 Å². The summed E-state index contributed by atoms with van der Waals surface area (Å²) in [5.41, 5.74) is 0.552. The normalized spacial score (nSPS) is 9.88. The van der Waals surface area contributed by atoms with E-state index in [4.69, 9.17) is 0 Å². The smallest absolute Gasteiger partial charge is 0.277 e. The van der Waals surface area contributed by atoms with Crippen LogP contribution in [0.25, 0.3) is 0 Å². The number of amides is 1. The molecule has 1 heterocycles. The molecule has 2 aromatic rings. The number of non-ortho nitro benzene ring substituents is 1. The fourth-order valence-corrected chi connectivity index (χ4v) is 1.17. The van der Waals surface area contributed by atoms with Crippen LogP contribution in [0, 0.1) is 10.1 Å². The predicted octanol–water partition coefficient (Wildman–Crippen LogP) is 0.965. The van der Waals surface area contributed by atoms with Gasteiger partial charge >= 0.3 is 0 Å². The summed E-state index contributed by atoms with van der Waals surface area (Å²) >= 11 is 0. The first-order chi connectivity index (χ1) is 8.16. The first-order valence-electron chi connectivity index (χ1n) is 4.58. The molecule has 0 bridgehead atoms. The lowest BCUT2D eigenvalue weighted by atomic mass is 10.3. The minimum absolute atomic E-state index is 0.0376. The van der Waals surface area contributed by atoms with Gasteiger partial charge in [0.05, 0.1) is 11.1 Å². The third kappa shape index (κ3) is 2.43. The SMILES string of the molecule is O=C(Nc1ccc([N+](=O)[O-])cc1)c1cn[nH]n1. The van der Waals surface area contributed by atoms with E-state index in [9.17, 15) is 14.9 Å². The van der Waals surface area contributed by atoms with Crippen molar-refractivity contribution in [2.24, 2.45) is 0 Å². The van der Waals surface area contributed by atoms with Gasteiger partial charge in [-0.1, -0.05) is 0 Å². The number of aromatic nitrogens is 3. The molecular formula is C9H7N5O3. The van der Waals surface area contributed by atoms with Gasteiger partial charge in [0.2, 0.25) is 0 Å². The van der Waals surface area contributed by atoms with Crippen molar-refractivity contribution in [2.75, 3.05) is 5.32 Å². The quantitative estimate of drug-likeness (QED) is 0.605. The van der Waals surface area contributed by atoms with Crippen molar-refractivity contribution in [3.8, 4) is 0 Å². The van der Waals surface area contributed by atoms with Gasteiger partial charge in [0.1, 0.15) is 0 Å². The molecule has 8 heteroatoms. The van der Waals surface area contributed by atoms with E-state index in [1.165, 1.54) is 30.5 Å². The zero-order valence-corrected chi connectivity index (χ0v) is 8.45. The van der Waals surface area contributed by atoms with Gasteiger partial charge in [0.25, 0.3) is 11.6 Å². The fourth-order valence-electron chi connectivity index (χ4n) is 1.17. The second-order valence-corrected chi connectivity index (χ2v) is 3.11. The Bertz CT molecular complexity index is 534. The van der Waals surface area contributed by atoms with Gasteiger partial charge in [0.15, 0.2) is 5.69 Å². The molecular weight excluding hydrogens is 226 g/mol. The van der Waals surface area contributed by atoms with Crippen LogP contribution in [-0.2, 0) is 0 Å². The Balaban J connectivity index is 2.09. The highest BCUT2D eigenvalue weighted by molar-refractivity contribution is 6.02. The number of rotatable bonds is 3. The number of hydrogen-bond donors (Lipinski definition) is 2. The Morgan fingerprint density at radius 1 is 1.35 bits per heavy atom. The highest BCUT2D eigenvalue weighted by Crippen LogP contribution is 2.15. The Morgan fingerprint density at radius 2 is 2.06 bits per heavy atom. The van der Waals surface area contributed by atoms with E-state index in [2.05, 4.69) is 20.7 Å². The van der Waals surface area contributed by atoms with Crippen molar-refractivity contribution >= 4 is 17.3 Å². The Labute approximate surface area is 94.8 Å². The number of carbonyl (C=O) groups excluding carboxylic acids is 1. The molecule has 8 nitrogen and oxygen atoms in total. The molecule has 0 aliphatic carbocycles. The molecule has 2 rings (SSSR count). The molecule has 0 atom stereocenters. The highest BCUT2D eigenvalue weighted by atomic mass is 16.6. The number of hydrogen-bond acceptors (Lipinski definition) is 5. The fraction of sp³-hybridized carbons (Fsp3) is 0. The van der Waals surface area contributed by atoms with Crippen LogP contribution in [0.5, 0.6) is 0 Å². The molecule has 0 fully saturated rings. The number of nitro groups is 1. The van der Waals surface area contributed by atoms with Crippen LogP contribution in [0.15, 0.2) is 30.5 Å². The zero-order chi connectivity index (χ0) is 12.3. The molecule has 0 aliphatic heterocycles. The molecule has 2 N–H and O–H groups in total. The van der Waals surface area contributed by atoms with Gasteiger partial charge in [-0.15, -0.1) is 0 Å². The lowest BCUT2D eigenvalue weighted by Crippen LogP contribution is -2.12. The van der Waals surface area contributed by atoms with E-state index < -0.39 is 10.8 Å². The number of anilines is 1. The second kappa shape index (κ2) is 4.39. The van der Waals surface area contributed by atoms with Crippen LogP contribution in [0.1, 0.15) is 10.5 Å². The lowest BCUT2D eigenvalue weighted by molar-refractivity contribution is -0.384. The molecule has 17 heavy (non-hydrogen) atoms. The zero-order valence-electron chi connectivity index (χ0n) is 8.45. The number of H-pyrrole nitrogens is 1. The Kier molecular flexibility index (Phi) is 2.77. The van der Waals surface area contributed by atoms with Gasteiger partial charge in [-0.25, -0.2) is 0 Å². The monoisotopic (exact) mass is 233 g/mol. The first-order valence-corrected chi connectivity index (χ1v) is 4.58. The lowest BCUT2D eigenvalue weighted by Gasteiger charge is -2.01. The summed E-state index contributed by atoms with van der Waals surface area (Å²) in [6.07, 6.45) is 1.28. The maximum Gasteiger partial charge on any atom is 0.277 e. The molecule has 1 aromatic carbocycles. The van der Waals surface area contributed by atoms with Crippen molar-refractivity contribution < 1.29 is 9.72 Å². The standard InChI is InChI=1S/C9H7N5O3/c15-9(8-5-10-13-12-8)11-6-1-3-7(4-2-6)14(16)17/h1-5H,(H,11,15)(H,10,12,13). The topological polar surface area (TPSA) is 114 Å². The molecule has 86 valence electrons. The molecule has 0 aliphatic rings.